The number of ether oxygens (including phenoxy) is 1. The van der Waals surface area contributed by atoms with E-state index in [-0.39, 0.29) is 5.88 Å². The molecule has 0 amide bonds. The van der Waals surface area contributed by atoms with Gasteiger partial charge in [0.25, 0.3) is 6.54 Å². The number of aromatic amines is 1. The van der Waals surface area contributed by atoms with Crippen molar-refractivity contribution in [2.45, 2.75) is 6.92 Å². The molecule has 1 aromatic carbocycles. The lowest BCUT2D eigenvalue weighted by molar-refractivity contribution is -0.469. The first-order chi connectivity index (χ1) is 8.06. The number of aryl methyl sites for hydroxylation is 1. The molecule has 0 saturated carbocycles. The third-order valence-electron chi connectivity index (χ3n) is 2.34. The number of rotatable bonds is 3. The number of nitro groups is 1. The Bertz CT molecular complexity index is 588. The van der Waals surface area contributed by atoms with Crippen LogP contribution in [0.15, 0.2) is 24.3 Å². The van der Waals surface area contributed by atoms with Crippen LogP contribution < -0.4 is 4.74 Å². The second-order valence-corrected chi connectivity index (χ2v) is 3.63. The lowest BCUT2D eigenvalue weighted by Crippen LogP contribution is -2.19. The molecule has 2 aromatic rings. The van der Waals surface area contributed by atoms with Crippen LogP contribution in [0.4, 0.5) is 0 Å². The number of hydrogen-bond acceptors (Lipinski definition) is 4. The molecule has 0 bridgehead atoms. The van der Waals surface area contributed by atoms with Crippen molar-refractivity contribution in [1.29, 1.82) is 0 Å². The van der Waals surface area contributed by atoms with Gasteiger partial charge < -0.3 is 9.72 Å². The maximum absolute atomic E-state index is 11.1. The van der Waals surface area contributed by atoms with Crippen LogP contribution in [-0.4, -0.2) is 22.4 Å². The summed E-state index contributed by atoms with van der Waals surface area (Å²) in [6.07, 6.45) is 0. The number of carbonyl (C=O) groups excluding carboxylic acids is 1. The Kier molecular flexibility index (Phi) is 2.78. The van der Waals surface area contributed by atoms with Gasteiger partial charge in [-0.05, 0) is 18.6 Å². The van der Waals surface area contributed by atoms with E-state index in [0.29, 0.717) is 0 Å². The highest BCUT2D eigenvalue weighted by atomic mass is 16.6. The van der Waals surface area contributed by atoms with E-state index in [4.69, 9.17) is 4.74 Å². The first-order valence-electron chi connectivity index (χ1n) is 4.97. The molecule has 0 atom stereocenters. The number of carbonyl (C=O) groups is 1. The molecule has 0 fully saturated rings. The summed E-state index contributed by atoms with van der Waals surface area (Å²) >= 11 is 0. The minimum atomic E-state index is -0.890. The van der Waals surface area contributed by atoms with Crippen LogP contribution in [0.2, 0.25) is 0 Å². The zero-order valence-corrected chi connectivity index (χ0v) is 9.10. The van der Waals surface area contributed by atoms with Crippen LogP contribution in [0, 0.1) is 17.0 Å². The first-order valence-corrected chi connectivity index (χ1v) is 4.97. The predicted octanol–water partition coefficient (Wildman–Crippen LogP) is 1.66. The van der Waals surface area contributed by atoms with Crippen molar-refractivity contribution in [2.24, 2.45) is 0 Å². The highest BCUT2D eigenvalue weighted by Gasteiger charge is 2.13. The van der Waals surface area contributed by atoms with E-state index >= 15 is 0 Å². The molecule has 0 spiro atoms. The number of benzene rings is 1. The van der Waals surface area contributed by atoms with Crippen LogP contribution in [0.3, 0.4) is 0 Å². The summed E-state index contributed by atoms with van der Waals surface area (Å²) in [6, 6.07) is 7.30. The largest absolute Gasteiger partial charge is 0.405 e. The maximum atomic E-state index is 11.1. The number of nitrogens with zero attached hydrogens (tertiary/aromatic N) is 1. The Labute approximate surface area is 96.3 Å². The zero-order valence-electron chi connectivity index (χ0n) is 9.10. The Balaban J connectivity index is 2.23. The lowest BCUT2D eigenvalue weighted by atomic mass is 10.1. The van der Waals surface area contributed by atoms with Gasteiger partial charge in [0.15, 0.2) is 0 Å². The fourth-order valence-corrected chi connectivity index (χ4v) is 1.60. The molecule has 2 rings (SSSR count). The molecule has 0 unspecified atom stereocenters. The summed E-state index contributed by atoms with van der Waals surface area (Å²) in [6.45, 7) is 1.09. The molecule has 1 N–H and O–H groups in total. The SMILES string of the molecule is Cc1cccc2[nH]c(OC(=O)C[N+](=O)[O-])cc12. The highest BCUT2D eigenvalue weighted by Crippen LogP contribution is 2.23. The van der Waals surface area contributed by atoms with Crippen molar-refractivity contribution in [3.63, 3.8) is 0 Å². The van der Waals surface area contributed by atoms with Crippen LogP contribution in [0.5, 0.6) is 5.88 Å². The molecule has 1 heterocycles. The highest BCUT2D eigenvalue weighted by molar-refractivity contribution is 5.85. The van der Waals surface area contributed by atoms with E-state index in [0.717, 1.165) is 16.5 Å². The van der Waals surface area contributed by atoms with Crippen LogP contribution in [-0.2, 0) is 4.79 Å². The summed E-state index contributed by atoms with van der Waals surface area (Å²) < 4.78 is 4.83. The van der Waals surface area contributed by atoms with E-state index in [1.807, 2.05) is 25.1 Å². The van der Waals surface area contributed by atoms with Crippen molar-refractivity contribution < 1.29 is 14.5 Å². The normalized spacial score (nSPS) is 10.4. The monoisotopic (exact) mass is 234 g/mol. The Morgan fingerprint density at radius 1 is 1.53 bits per heavy atom. The number of H-pyrrole nitrogens is 1. The molecule has 0 aliphatic carbocycles. The summed E-state index contributed by atoms with van der Waals surface area (Å²) in [5.74, 6) is -0.666. The number of aromatic nitrogens is 1. The number of esters is 1. The van der Waals surface area contributed by atoms with Crippen molar-refractivity contribution in [2.75, 3.05) is 6.54 Å². The second-order valence-electron chi connectivity index (χ2n) is 3.63. The molecule has 17 heavy (non-hydrogen) atoms. The van der Waals surface area contributed by atoms with Crippen LogP contribution in [0.1, 0.15) is 5.56 Å². The van der Waals surface area contributed by atoms with E-state index in [9.17, 15) is 14.9 Å². The van der Waals surface area contributed by atoms with Gasteiger partial charge in [0.2, 0.25) is 5.88 Å². The first kappa shape index (κ1) is 11.1. The van der Waals surface area contributed by atoms with E-state index in [2.05, 4.69) is 4.98 Å². The molecular weight excluding hydrogens is 224 g/mol. The van der Waals surface area contributed by atoms with Crippen molar-refractivity contribution >= 4 is 16.9 Å². The van der Waals surface area contributed by atoms with Crippen LogP contribution in [0.25, 0.3) is 10.9 Å². The van der Waals surface area contributed by atoms with Crippen molar-refractivity contribution in [1.82, 2.24) is 4.98 Å². The third-order valence-corrected chi connectivity index (χ3v) is 2.34. The van der Waals surface area contributed by atoms with Gasteiger partial charge in [-0.2, -0.15) is 0 Å². The van der Waals surface area contributed by atoms with Gasteiger partial charge in [-0.25, -0.2) is 4.79 Å². The molecule has 6 heteroatoms. The molecule has 6 nitrogen and oxygen atoms in total. The fraction of sp³-hybridized carbons (Fsp3) is 0.182. The zero-order chi connectivity index (χ0) is 12.4. The van der Waals surface area contributed by atoms with Crippen LogP contribution >= 0.6 is 0 Å². The topological polar surface area (TPSA) is 85.2 Å². The maximum Gasteiger partial charge on any atom is 0.385 e. The molecule has 0 aliphatic heterocycles. The van der Waals surface area contributed by atoms with E-state index in [1.165, 1.54) is 0 Å². The summed E-state index contributed by atoms with van der Waals surface area (Å²) in [5.41, 5.74) is 1.87. The minimum Gasteiger partial charge on any atom is -0.405 e. The number of fused-ring (bicyclic) bond motifs is 1. The predicted molar refractivity (Wildman–Crippen MR) is 60.5 cm³/mol. The van der Waals surface area contributed by atoms with Gasteiger partial charge in [-0.1, -0.05) is 12.1 Å². The van der Waals surface area contributed by atoms with Gasteiger partial charge in [-0.15, -0.1) is 0 Å². The lowest BCUT2D eigenvalue weighted by Gasteiger charge is -1.96. The average Bonchev–Trinajstić information content (AvgIpc) is 2.60. The number of hydrogen-bond donors (Lipinski definition) is 1. The van der Waals surface area contributed by atoms with E-state index in [1.54, 1.807) is 6.07 Å². The summed E-state index contributed by atoms with van der Waals surface area (Å²) in [4.78, 5) is 23.4. The Morgan fingerprint density at radius 2 is 2.29 bits per heavy atom. The molecule has 88 valence electrons. The smallest absolute Gasteiger partial charge is 0.385 e. The van der Waals surface area contributed by atoms with Gasteiger partial charge in [-0.3, -0.25) is 10.1 Å². The number of nitrogens with one attached hydrogen (secondary N) is 1. The van der Waals surface area contributed by atoms with E-state index < -0.39 is 17.4 Å². The fourth-order valence-electron chi connectivity index (χ4n) is 1.60. The van der Waals surface area contributed by atoms with Crippen molar-refractivity contribution in [3.8, 4) is 5.88 Å². The Hall–Kier alpha value is -2.37. The molecular formula is C11H10N2O4. The van der Waals surface area contributed by atoms with Gasteiger partial charge in [0.05, 0.1) is 0 Å². The molecule has 0 saturated heterocycles. The van der Waals surface area contributed by atoms with Gasteiger partial charge in [0, 0.05) is 21.9 Å². The van der Waals surface area contributed by atoms with Gasteiger partial charge in [0.1, 0.15) is 0 Å². The average molecular weight is 234 g/mol. The standard InChI is InChI=1S/C11H10N2O4/c1-7-3-2-4-9-8(7)5-10(12-9)17-11(14)6-13(15)16/h2-5,12H,6H2,1H3. The van der Waals surface area contributed by atoms with Crippen molar-refractivity contribution in [3.05, 3.63) is 39.9 Å². The van der Waals surface area contributed by atoms with Gasteiger partial charge >= 0.3 is 5.97 Å². The Morgan fingerprint density at radius 3 is 2.94 bits per heavy atom. The summed E-state index contributed by atoms with van der Waals surface area (Å²) in [5, 5.41) is 11.0. The minimum absolute atomic E-state index is 0.223. The molecule has 0 aliphatic rings. The second kappa shape index (κ2) is 4.25. The molecule has 1 aromatic heterocycles. The quantitative estimate of drug-likeness (QED) is 0.497. The third kappa shape index (κ3) is 2.41. The molecule has 0 radical (unpaired) electrons. The summed E-state index contributed by atoms with van der Waals surface area (Å²) in [7, 11) is 0.